The van der Waals surface area contributed by atoms with E-state index in [9.17, 15) is 5.11 Å². The molecule has 0 aliphatic heterocycles. The van der Waals surface area contributed by atoms with E-state index in [1.165, 1.54) is 19.3 Å². The van der Waals surface area contributed by atoms with Crippen LogP contribution in [0.15, 0.2) is 0 Å². The highest BCUT2D eigenvalue weighted by Gasteiger charge is 2.42. The molecule has 1 fully saturated rings. The van der Waals surface area contributed by atoms with Crippen molar-refractivity contribution in [1.82, 2.24) is 0 Å². The Balaban J connectivity index is 2.62. The number of hydrogen-bond donors (Lipinski definition) is 1. The summed E-state index contributed by atoms with van der Waals surface area (Å²) in [6, 6.07) is 0. The molecule has 0 spiro atoms. The van der Waals surface area contributed by atoms with E-state index in [1.54, 1.807) is 0 Å². The Morgan fingerprint density at radius 3 is 2.40 bits per heavy atom. The van der Waals surface area contributed by atoms with E-state index in [0.29, 0.717) is 17.3 Å². The highest BCUT2D eigenvalue weighted by atomic mass is 16.3. The molecule has 0 aromatic heterocycles. The van der Waals surface area contributed by atoms with Gasteiger partial charge in [0.25, 0.3) is 0 Å². The van der Waals surface area contributed by atoms with Crippen molar-refractivity contribution >= 4 is 0 Å². The molecule has 0 radical (unpaired) electrons. The Morgan fingerprint density at radius 1 is 1.33 bits per heavy atom. The first-order chi connectivity index (χ1) is 6.79. The maximum absolute atomic E-state index is 10.7. The first-order valence-corrected chi connectivity index (χ1v) is 6.51. The van der Waals surface area contributed by atoms with Crippen LogP contribution in [0.5, 0.6) is 0 Å². The van der Waals surface area contributed by atoms with Crippen molar-refractivity contribution in [1.29, 1.82) is 0 Å². The molecule has 1 aliphatic carbocycles. The number of rotatable bonds is 3. The van der Waals surface area contributed by atoms with Crippen LogP contribution in [0, 0.1) is 17.3 Å². The van der Waals surface area contributed by atoms with E-state index < -0.39 is 0 Å². The molecule has 90 valence electrons. The Morgan fingerprint density at radius 2 is 1.93 bits per heavy atom. The summed E-state index contributed by atoms with van der Waals surface area (Å²) >= 11 is 0. The largest absolute Gasteiger partial charge is 0.390 e. The van der Waals surface area contributed by atoms with E-state index in [4.69, 9.17) is 0 Å². The highest BCUT2D eigenvalue weighted by Crippen LogP contribution is 2.46. The zero-order chi connectivity index (χ0) is 11.7. The Bertz CT molecular complexity index is 209. The van der Waals surface area contributed by atoms with Gasteiger partial charge in [-0.3, -0.25) is 0 Å². The summed E-state index contributed by atoms with van der Waals surface area (Å²) in [6.07, 6.45) is 5.49. The van der Waals surface area contributed by atoms with Gasteiger partial charge in [-0.15, -0.1) is 0 Å². The van der Waals surface area contributed by atoms with E-state index >= 15 is 0 Å². The molecule has 3 atom stereocenters. The minimum absolute atomic E-state index is 0.384. The van der Waals surface area contributed by atoms with Crippen molar-refractivity contribution in [3.63, 3.8) is 0 Å². The van der Waals surface area contributed by atoms with Crippen LogP contribution in [0.4, 0.5) is 0 Å². The summed E-state index contributed by atoms with van der Waals surface area (Å²) in [5.41, 5.74) is 0.0477. The lowest BCUT2D eigenvalue weighted by molar-refractivity contribution is -0.0852. The van der Waals surface area contributed by atoms with Crippen LogP contribution in [0.1, 0.15) is 66.7 Å². The second-order valence-corrected chi connectivity index (χ2v) is 6.59. The van der Waals surface area contributed by atoms with Crippen molar-refractivity contribution < 1.29 is 5.11 Å². The van der Waals surface area contributed by atoms with Gasteiger partial charge in [0.1, 0.15) is 0 Å². The maximum atomic E-state index is 10.7. The van der Waals surface area contributed by atoms with Crippen LogP contribution in [-0.2, 0) is 0 Å². The van der Waals surface area contributed by atoms with Gasteiger partial charge in [0.15, 0.2) is 0 Å². The normalized spacial score (nSPS) is 37.6. The topological polar surface area (TPSA) is 20.2 Å². The van der Waals surface area contributed by atoms with Gasteiger partial charge in [-0.2, -0.15) is 0 Å². The van der Waals surface area contributed by atoms with Crippen LogP contribution in [0.25, 0.3) is 0 Å². The standard InChI is InChI=1S/C14H28O/c1-6-11(2)9-14(15)8-7-13(4,5)10-12(14)3/h11-12,15H,6-10H2,1-5H3. The molecule has 1 aliphatic rings. The summed E-state index contributed by atoms with van der Waals surface area (Å²) in [5.74, 6) is 1.11. The summed E-state index contributed by atoms with van der Waals surface area (Å²) < 4.78 is 0. The van der Waals surface area contributed by atoms with Gasteiger partial charge >= 0.3 is 0 Å². The maximum Gasteiger partial charge on any atom is 0.0676 e. The third-order valence-corrected chi connectivity index (χ3v) is 4.41. The van der Waals surface area contributed by atoms with E-state index in [-0.39, 0.29) is 5.60 Å². The average Bonchev–Trinajstić information content (AvgIpc) is 2.12. The van der Waals surface area contributed by atoms with Crippen LogP contribution in [0.2, 0.25) is 0 Å². The molecule has 1 heteroatoms. The van der Waals surface area contributed by atoms with Gasteiger partial charge in [0.2, 0.25) is 0 Å². The zero-order valence-electron chi connectivity index (χ0n) is 11.1. The monoisotopic (exact) mass is 212 g/mol. The fraction of sp³-hybridized carbons (Fsp3) is 1.00. The molecular weight excluding hydrogens is 184 g/mol. The van der Waals surface area contributed by atoms with Crippen molar-refractivity contribution in [3.05, 3.63) is 0 Å². The smallest absolute Gasteiger partial charge is 0.0676 e. The predicted octanol–water partition coefficient (Wildman–Crippen LogP) is 4.00. The van der Waals surface area contributed by atoms with Gasteiger partial charge in [-0.25, -0.2) is 0 Å². The second kappa shape index (κ2) is 4.45. The zero-order valence-corrected chi connectivity index (χ0v) is 11.1. The van der Waals surface area contributed by atoms with Gasteiger partial charge < -0.3 is 5.11 Å². The van der Waals surface area contributed by atoms with Gasteiger partial charge in [0, 0.05) is 0 Å². The fourth-order valence-electron chi connectivity index (χ4n) is 2.97. The van der Waals surface area contributed by atoms with Crippen LogP contribution < -0.4 is 0 Å². The van der Waals surface area contributed by atoms with E-state index in [0.717, 1.165) is 12.8 Å². The SMILES string of the molecule is CCC(C)CC1(O)CCC(C)(C)CC1C. The van der Waals surface area contributed by atoms with Crippen molar-refractivity contribution in [2.45, 2.75) is 72.3 Å². The molecule has 3 unspecified atom stereocenters. The molecule has 0 heterocycles. The highest BCUT2D eigenvalue weighted by molar-refractivity contribution is 4.94. The third-order valence-electron chi connectivity index (χ3n) is 4.41. The van der Waals surface area contributed by atoms with Gasteiger partial charge in [0.05, 0.1) is 5.60 Å². The molecule has 0 amide bonds. The van der Waals surface area contributed by atoms with E-state index in [2.05, 4.69) is 34.6 Å². The second-order valence-electron chi connectivity index (χ2n) is 6.59. The lowest BCUT2D eigenvalue weighted by atomic mass is 9.63. The molecule has 1 N–H and O–H groups in total. The Labute approximate surface area is 95.3 Å². The number of hydrogen-bond acceptors (Lipinski definition) is 1. The number of aliphatic hydroxyl groups is 1. The van der Waals surface area contributed by atoms with Gasteiger partial charge in [-0.05, 0) is 42.9 Å². The van der Waals surface area contributed by atoms with Crippen molar-refractivity contribution in [2.75, 3.05) is 0 Å². The summed E-state index contributed by atoms with van der Waals surface area (Å²) in [5, 5.41) is 10.7. The Kier molecular flexibility index (Phi) is 3.86. The predicted molar refractivity (Wildman–Crippen MR) is 65.8 cm³/mol. The summed E-state index contributed by atoms with van der Waals surface area (Å²) in [6.45, 7) is 11.3. The average molecular weight is 212 g/mol. The van der Waals surface area contributed by atoms with Crippen LogP contribution in [0.3, 0.4) is 0 Å². The van der Waals surface area contributed by atoms with E-state index in [1.807, 2.05) is 0 Å². The molecule has 0 aromatic carbocycles. The summed E-state index contributed by atoms with van der Waals surface area (Å²) in [4.78, 5) is 0. The summed E-state index contributed by atoms with van der Waals surface area (Å²) in [7, 11) is 0. The third kappa shape index (κ3) is 3.21. The molecule has 0 aromatic rings. The molecule has 1 nitrogen and oxygen atoms in total. The molecule has 1 rings (SSSR count). The van der Waals surface area contributed by atoms with Crippen molar-refractivity contribution in [3.8, 4) is 0 Å². The minimum atomic E-state index is -0.384. The molecule has 15 heavy (non-hydrogen) atoms. The first-order valence-electron chi connectivity index (χ1n) is 6.51. The lowest BCUT2D eigenvalue weighted by Gasteiger charge is -2.46. The van der Waals surface area contributed by atoms with Crippen LogP contribution >= 0.6 is 0 Å². The first kappa shape index (κ1) is 13.0. The fourth-order valence-corrected chi connectivity index (χ4v) is 2.97. The van der Waals surface area contributed by atoms with Gasteiger partial charge in [-0.1, -0.05) is 41.0 Å². The lowest BCUT2D eigenvalue weighted by Crippen LogP contribution is -2.45. The molecular formula is C14H28O. The minimum Gasteiger partial charge on any atom is -0.390 e. The van der Waals surface area contributed by atoms with Crippen molar-refractivity contribution in [2.24, 2.45) is 17.3 Å². The molecule has 1 saturated carbocycles. The molecule has 0 saturated heterocycles. The van der Waals surface area contributed by atoms with Crippen LogP contribution in [-0.4, -0.2) is 10.7 Å². The Hall–Kier alpha value is -0.0400. The molecule has 0 bridgehead atoms. The quantitative estimate of drug-likeness (QED) is 0.749.